The summed E-state index contributed by atoms with van der Waals surface area (Å²) in [5.41, 5.74) is 2.89. The Bertz CT molecular complexity index is 938. The zero-order valence-corrected chi connectivity index (χ0v) is 17.1. The molecule has 146 valence electrons. The first-order chi connectivity index (χ1) is 13.6. The number of carbonyl (C=O) groups is 1. The minimum Gasteiger partial charge on any atom is -0.492 e. The fraction of sp³-hybridized carbons (Fsp3) is 0.286. The SMILES string of the molecule is CCOc1ccccc1NC(=O)CSc1nnc(-c2ccc(C)cc2)n1CC. The summed E-state index contributed by atoms with van der Waals surface area (Å²) in [5, 5.41) is 12.2. The lowest BCUT2D eigenvalue weighted by atomic mass is 10.1. The van der Waals surface area contributed by atoms with Gasteiger partial charge in [-0.2, -0.15) is 0 Å². The van der Waals surface area contributed by atoms with Gasteiger partial charge in [-0.15, -0.1) is 10.2 Å². The molecule has 0 aliphatic rings. The number of carbonyl (C=O) groups excluding carboxylic acids is 1. The van der Waals surface area contributed by atoms with Crippen LogP contribution < -0.4 is 10.1 Å². The Labute approximate surface area is 169 Å². The Morgan fingerprint density at radius 2 is 1.86 bits per heavy atom. The van der Waals surface area contributed by atoms with Crippen LogP contribution in [0.25, 0.3) is 11.4 Å². The van der Waals surface area contributed by atoms with E-state index in [2.05, 4.69) is 34.6 Å². The number of nitrogens with one attached hydrogen (secondary N) is 1. The first kappa shape index (κ1) is 19.9. The number of aryl methyl sites for hydroxylation is 1. The Morgan fingerprint density at radius 1 is 1.11 bits per heavy atom. The minimum atomic E-state index is -0.111. The minimum absolute atomic E-state index is 0.111. The lowest BCUT2D eigenvalue weighted by Crippen LogP contribution is -2.15. The van der Waals surface area contributed by atoms with E-state index in [1.807, 2.05) is 54.8 Å². The van der Waals surface area contributed by atoms with Crippen LogP contribution in [0.3, 0.4) is 0 Å². The van der Waals surface area contributed by atoms with Crippen molar-refractivity contribution >= 4 is 23.4 Å². The lowest BCUT2D eigenvalue weighted by molar-refractivity contribution is -0.113. The van der Waals surface area contributed by atoms with Crippen LogP contribution in [0.15, 0.2) is 53.7 Å². The summed E-state index contributed by atoms with van der Waals surface area (Å²) in [4.78, 5) is 12.4. The maximum absolute atomic E-state index is 12.4. The van der Waals surface area contributed by atoms with E-state index in [1.165, 1.54) is 17.3 Å². The van der Waals surface area contributed by atoms with Crippen molar-refractivity contribution in [1.29, 1.82) is 0 Å². The number of aromatic nitrogens is 3. The number of hydrogen-bond acceptors (Lipinski definition) is 5. The molecule has 0 fully saturated rings. The van der Waals surface area contributed by atoms with E-state index >= 15 is 0 Å². The predicted octanol–water partition coefficient (Wildman–Crippen LogP) is 4.40. The van der Waals surface area contributed by atoms with Crippen LogP contribution >= 0.6 is 11.8 Å². The fourth-order valence-corrected chi connectivity index (χ4v) is 3.57. The standard InChI is InChI=1S/C21H24N4O2S/c1-4-25-20(16-12-10-15(3)11-13-16)23-24-21(25)28-14-19(26)22-17-8-6-7-9-18(17)27-5-2/h6-13H,4-5,14H2,1-3H3,(H,22,26). The molecule has 6 nitrogen and oxygen atoms in total. The summed E-state index contributed by atoms with van der Waals surface area (Å²) in [7, 11) is 0. The van der Waals surface area contributed by atoms with E-state index in [9.17, 15) is 4.79 Å². The summed E-state index contributed by atoms with van der Waals surface area (Å²) in [6.07, 6.45) is 0. The number of ether oxygens (including phenoxy) is 1. The van der Waals surface area contributed by atoms with Crippen LogP contribution in [-0.2, 0) is 11.3 Å². The molecule has 0 bridgehead atoms. The average molecular weight is 397 g/mol. The quantitative estimate of drug-likeness (QED) is 0.572. The molecule has 1 aromatic heterocycles. The largest absolute Gasteiger partial charge is 0.492 e. The van der Waals surface area contributed by atoms with Crippen molar-refractivity contribution in [3.63, 3.8) is 0 Å². The van der Waals surface area contributed by atoms with Crippen molar-refractivity contribution in [2.45, 2.75) is 32.5 Å². The lowest BCUT2D eigenvalue weighted by Gasteiger charge is -2.11. The Kier molecular flexibility index (Phi) is 6.71. The van der Waals surface area contributed by atoms with Gasteiger partial charge in [-0.25, -0.2) is 0 Å². The van der Waals surface area contributed by atoms with Crippen molar-refractivity contribution in [3.05, 3.63) is 54.1 Å². The molecule has 1 heterocycles. The van der Waals surface area contributed by atoms with Crippen molar-refractivity contribution in [2.24, 2.45) is 0 Å². The highest BCUT2D eigenvalue weighted by Crippen LogP contribution is 2.26. The Balaban J connectivity index is 1.68. The summed E-state index contributed by atoms with van der Waals surface area (Å²) in [5.74, 6) is 1.61. The molecule has 3 rings (SSSR count). The van der Waals surface area contributed by atoms with Gasteiger partial charge in [0.1, 0.15) is 5.75 Å². The van der Waals surface area contributed by atoms with E-state index in [1.54, 1.807) is 0 Å². The third-order valence-corrected chi connectivity index (χ3v) is 5.10. The number of hydrogen-bond donors (Lipinski definition) is 1. The van der Waals surface area contributed by atoms with Crippen LogP contribution in [0.5, 0.6) is 5.75 Å². The highest BCUT2D eigenvalue weighted by molar-refractivity contribution is 7.99. The molecule has 0 spiro atoms. The number of rotatable bonds is 8. The Morgan fingerprint density at radius 3 is 2.57 bits per heavy atom. The predicted molar refractivity (Wildman–Crippen MR) is 113 cm³/mol. The molecule has 0 atom stereocenters. The van der Waals surface area contributed by atoms with Crippen molar-refractivity contribution in [2.75, 3.05) is 17.7 Å². The van der Waals surface area contributed by atoms with Crippen LogP contribution in [-0.4, -0.2) is 33.0 Å². The van der Waals surface area contributed by atoms with Crippen LogP contribution in [0.4, 0.5) is 5.69 Å². The fourth-order valence-electron chi connectivity index (χ4n) is 2.76. The van der Waals surface area contributed by atoms with Gasteiger partial charge in [0.15, 0.2) is 11.0 Å². The van der Waals surface area contributed by atoms with Crippen molar-refractivity contribution < 1.29 is 9.53 Å². The van der Waals surface area contributed by atoms with Gasteiger partial charge < -0.3 is 14.6 Å². The number of anilines is 1. The molecule has 2 aromatic carbocycles. The van der Waals surface area contributed by atoms with Gasteiger partial charge in [0.2, 0.25) is 5.91 Å². The van der Waals surface area contributed by atoms with Gasteiger partial charge in [0, 0.05) is 12.1 Å². The van der Waals surface area contributed by atoms with Crippen molar-refractivity contribution in [3.8, 4) is 17.1 Å². The number of amides is 1. The number of benzene rings is 2. The maximum atomic E-state index is 12.4. The summed E-state index contributed by atoms with van der Waals surface area (Å²) >= 11 is 1.37. The first-order valence-electron chi connectivity index (χ1n) is 9.27. The van der Waals surface area contributed by atoms with Gasteiger partial charge in [0.05, 0.1) is 18.0 Å². The van der Waals surface area contributed by atoms with E-state index in [0.717, 1.165) is 23.1 Å². The normalized spacial score (nSPS) is 10.7. The second-order valence-electron chi connectivity index (χ2n) is 6.18. The van der Waals surface area contributed by atoms with Crippen LogP contribution in [0, 0.1) is 6.92 Å². The summed E-state index contributed by atoms with van der Waals surface area (Å²) in [6.45, 7) is 7.29. The first-order valence-corrected chi connectivity index (χ1v) is 10.3. The zero-order valence-electron chi connectivity index (χ0n) is 16.3. The number of thioether (sulfide) groups is 1. The number of nitrogens with zero attached hydrogens (tertiary/aromatic N) is 3. The molecule has 0 aliphatic carbocycles. The third kappa shape index (κ3) is 4.72. The van der Waals surface area contributed by atoms with Gasteiger partial charge >= 0.3 is 0 Å². The molecular weight excluding hydrogens is 372 g/mol. The zero-order chi connectivity index (χ0) is 19.9. The topological polar surface area (TPSA) is 69.0 Å². The highest BCUT2D eigenvalue weighted by Gasteiger charge is 2.15. The maximum Gasteiger partial charge on any atom is 0.234 e. The van der Waals surface area contributed by atoms with Gasteiger partial charge in [0.25, 0.3) is 0 Å². The van der Waals surface area contributed by atoms with E-state index in [-0.39, 0.29) is 11.7 Å². The Hall–Kier alpha value is -2.80. The van der Waals surface area contributed by atoms with E-state index in [0.29, 0.717) is 18.0 Å². The van der Waals surface area contributed by atoms with Crippen LogP contribution in [0.2, 0.25) is 0 Å². The molecule has 0 saturated carbocycles. The molecule has 28 heavy (non-hydrogen) atoms. The van der Waals surface area contributed by atoms with Crippen LogP contribution in [0.1, 0.15) is 19.4 Å². The molecule has 0 saturated heterocycles. The van der Waals surface area contributed by atoms with E-state index in [4.69, 9.17) is 4.74 Å². The molecule has 1 amide bonds. The average Bonchev–Trinajstić information content (AvgIpc) is 3.11. The van der Waals surface area contributed by atoms with Gasteiger partial charge in [-0.3, -0.25) is 4.79 Å². The van der Waals surface area contributed by atoms with E-state index < -0.39 is 0 Å². The second kappa shape index (κ2) is 9.41. The number of para-hydroxylation sites is 2. The second-order valence-corrected chi connectivity index (χ2v) is 7.12. The molecule has 0 radical (unpaired) electrons. The summed E-state index contributed by atoms with van der Waals surface area (Å²) in [6, 6.07) is 15.6. The molecular formula is C21H24N4O2S. The molecule has 7 heteroatoms. The van der Waals surface area contributed by atoms with Crippen molar-refractivity contribution in [1.82, 2.24) is 14.8 Å². The smallest absolute Gasteiger partial charge is 0.234 e. The molecule has 1 N–H and O–H groups in total. The molecule has 0 aliphatic heterocycles. The highest BCUT2D eigenvalue weighted by atomic mass is 32.2. The molecule has 3 aromatic rings. The summed E-state index contributed by atoms with van der Waals surface area (Å²) < 4.78 is 7.57. The molecule has 0 unspecified atom stereocenters. The monoisotopic (exact) mass is 396 g/mol. The van der Waals surface area contributed by atoms with Gasteiger partial charge in [-0.05, 0) is 32.9 Å². The van der Waals surface area contributed by atoms with Gasteiger partial charge in [-0.1, -0.05) is 53.7 Å². The third-order valence-electron chi connectivity index (χ3n) is 4.14.